The van der Waals surface area contributed by atoms with Gasteiger partial charge in [-0.1, -0.05) is 6.07 Å². The van der Waals surface area contributed by atoms with Crippen molar-refractivity contribution < 1.29 is 19.4 Å². The van der Waals surface area contributed by atoms with Gasteiger partial charge < -0.3 is 14.6 Å². The molecule has 0 heterocycles. The molecule has 1 aliphatic carbocycles. The standard InChI is InChI=1S/C14H18O4/c1-17-14(16)7-8-18-11-6-5-10-3-2-4-13(15)12(10)9-11/h5-6,9,13,15H,2-4,7-8H2,1H3. The van der Waals surface area contributed by atoms with Crippen LogP contribution in [0.1, 0.15) is 36.5 Å². The number of aliphatic hydroxyl groups is 1. The highest BCUT2D eigenvalue weighted by atomic mass is 16.5. The number of carbonyl (C=O) groups is 1. The highest BCUT2D eigenvalue weighted by Crippen LogP contribution is 2.32. The lowest BCUT2D eigenvalue weighted by atomic mass is 9.89. The third-order valence-electron chi connectivity index (χ3n) is 3.20. The molecule has 0 fully saturated rings. The van der Waals surface area contributed by atoms with E-state index in [0.717, 1.165) is 24.8 Å². The van der Waals surface area contributed by atoms with Crippen LogP contribution < -0.4 is 4.74 Å². The number of methoxy groups -OCH3 is 1. The summed E-state index contributed by atoms with van der Waals surface area (Å²) in [6, 6.07) is 5.75. The van der Waals surface area contributed by atoms with Gasteiger partial charge in [0.05, 0.1) is 26.2 Å². The van der Waals surface area contributed by atoms with Gasteiger partial charge in [-0.15, -0.1) is 0 Å². The molecule has 1 unspecified atom stereocenters. The van der Waals surface area contributed by atoms with E-state index in [1.807, 2.05) is 18.2 Å². The minimum Gasteiger partial charge on any atom is -0.493 e. The van der Waals surface area contributed by atoms with Crippen LogP contribution in [0, 0.1) is 0 Å². The van der Waals surface area contributed by atoms with Gasteiger partial charge >= 0.3 is 5.97 Å². The molecule has 4 heteroatoms. The normalized spacial score (nSPS) is 18.0. The number of ether oxygens (including phenoxy) is 2. The van der Waals surface area contributed by atoms with Crippen LogP contribution in [-0.4, -0.2) is 24.8 Å². The Bertz CT molecular complexity index is 428. The number of rotatable bonds is 4. The maximum absolute atomic E-state index is 10.9. The summed E-state index contributed by atoms with van der Waals surface area (Å²) in [7, 11) is 1.36. The molecule has 0 bridgehead atoms. The lowest BCUT2D eigenvalue weighted by Crippen LogP contribution is -2.10. The lowest BCUT2D eigenvalue weighted by molar-refractivity contribution is -0.141. The molecule has 1 aromatic rings. The van der Waals surface area contributed by atoms with Crippen LogP contribution in [0.3, 0.4) is 0 Å². The molecule has 0 saturated carbocycles. The maximum atomic E-state index is 10.9. The van der Waals surface area contributed by atoms with E-state index in [0.29, 0.717) is 12.4 Å². The number of aryl methyl sites for hydroxylation is 1. The fraction of sp³-hybridized carbons (Fsp3) is 0.500. The Balaban J connectivity index is 1.98. The molecule has 0 amide bonds. The second-order valence-corrected chi connectivity index (χ2v) is 4.44. The molecule has 1 aromatic carbocycles. The first kappa shape index (κ1) is 12.9. The van der Waals surface area contributed by atoms with E-state index in [9.17, 15) is 9.90 Å². The number of esters is 1. The first-order valence-electron chi connectivity index (χ1n) is 6.21. The zero-order valence-corrected chi connectivity index (χ0v) is 10.5. The summed E-state index contributed by atoms with van der Waals surface area (Å²) >= 11 is 0. The first-order chi connectivity index (χ1) is 8.70. The van der Waals surface area contributed by atoms with E-state index in [1.165, 1.54) is 12.7 Å². The van der Waals surface area contributed by atoms with Crippen LogP contribution in [0.5, 0.6) is 5.75 Å². The smallest absolute Gasteiger partial charge is 0.308 e. The SMILES string of the molecule is COC(=O)CCOc1ccc2c(c1)C(O)CCC2. The van der Waals surface area contributed by atoms with E-state index in [2.05, 4.69) is 4.74 Å². The fourth-order valence-corrected chi connectivity index (χ4v) is 2.20. The molecule has 0 saturated heterocycles. The summed E-state index contributed by atoms with van der Waals surface area (Å²) < 4.78 is 10.0. The van der Waals surface area contributed by atoms with Gasteiger partial charge in [-0.2, -0.15) is 0 Å². The number of carbonyl (C=O) groups excluding carboxylic acids is 1. The van der Waals surface area contributed by atoms with Crippen LogP contribution in [0.2, 0.25) is 0 Å². The predicted octanol–water partition coefficient (Wildman–Crippen LogP) is 2.00. The van der Waals surface area contributed by atoms with Crippen molar-refractivity contribution in [1.29, 1.82) is 0 Å². The average molecular weight is 250 g/mol. The Morgan fingerprint density at radius 2 is 2.33 bits per heavy atom. The van der Waals surface area contributed by atoms with E-state index in [-0.39, 0.29) is 12.4 Å². The van der Waals surface area contributed by atoms with Crippen LogP contribution in [0.25, 0.3) is 0 Å². The van der Waals surface area contributed by atoms with Crippen LogP contribution in [0.4, 0.5) is 0 Å². The van der Waals surface area contributed by atoms with E-state index < -0.39 is 6.10 Å². The number of benzene rings is 1. The molecule has 0 aliphatic heterocycles. The predicted molar refractivity (Wildman–Crippen MR) is 66.5 cm³/mol. The molecule has 1 aliphatic rings. The molecule has 0 radical (unpaired) electrons. The monoisotopic (exact) mass is 250 g/mol. The van der Waals surface area contributed by atoms with Gasteiger partial charge in [0, 0.05) is 0 Å². The van der Waals surface area contributed by atoms with Gasteiger partial charge in [-0.25, -0.2) is 0 Å². The molecule has 0 spiro atoms. The van der Waals surface area contributed by atoms with E-state index >= 15 is 0 Å². The highest BCUT2D eigenvalue weighted by Gasteiger charge is 2.18. The van der Waals surface area contributed by atoms with Crippen molar-refractivity contribution >= 4 is 5.97 Å². The Hall–Kier alpha value is -1.55. The zero-order chi connectivity index (χ0) is 13.0. The summed E-state index contributed by atoms with van der Waals surface area (Å²) in [5, 5.41) is 9.91. The van der Waals surface area contributed by atoms with Crippen LogP contribution in [0.15, 0.2) is 18.2 Å². The minimum atomic E-state index is -0.391. The molecule has 1 N–H and O–H groups in total. The minimum absolute atomic E-state index is 0.232. The molecule has 2 rings (SSSR count). The third kappa shape index (κ3) is 3.01. The van der Waals surface area contributed by atoms with Gasteiger partial charge in [0.1, 0.15) is 5.75 Å². The largest absolute Gasteiger partial charge is 0.493 e. The quantitative estimate of drug-likeness (QED) is 0.830. The van der Waals surface area contributed by atoms with Crippen molar-refractivity contribution in [3.05, 3.63) is 29.3 Å². The lowest BCUT2D eigenvalue weighted by Gasteiger charge is -2.21. The fourth-order valence-electron chi connectivity index (χ4n) is 2.20. The third-order valence-corrected chi connectivity index (χ3v) is 3.20. The number of fused-ring (bicyclic) bond motifs is 1. The number of hydrogen-bond acceptors (Lipinski definition) is 4. The van der Waals surface area contributed by atoms with Gasteiger partial charge in [-0.05, 0) is 42.5 Å². The summed E-state index contributed by atoms with van der Waals surface area (Å²) in [6.45, 7) is 0.293. The maximum Gasteiger partial charge on any atom is 0.308 e. The molecule has 98 valence electrons. The van der Waals surface area contributed by atoms with Gasteiger partial charge in [0.25, 0.3) is 0 Å². The average Bonchev–Trinajstić information content (AvgIpc) is 2.39. The van der Waals surface area contributed by atoms with Crippen molar-refractivity contribution in [2.75, 3.05) is 13.7 Å². The van der Waals surface area contributed by atoms with Crippen molar-refractivity contribution in [3.63, 3.8) is 0 Å². The molecule has 1 atom stereocenters. The Morgan fingerprint density at radius 3 is 3.11 bits per heavy atom. The number of aliphatic hydroxyl groups excluding tert-OH is 1. The van der Waals surface area contributed by atoms with Gasteiger partial charge in [0.2, 0.25) is 0 Å². The summed E-state index contributed by atoms with van der Waals surface area (Å²) in [5.74, 6) is 0.409. The summed E-state index contributed by atoms with van der Waals surface area (Å²) in [6.07, 6.45) is 2.68. The summed E-state index contributed by atoms with van der Waals surface area (Å²) in [5.41, 5.74) is 2.14. The van der Waals surface area contributed by atoms with Crippen LogP contribution >= 0.6 is 0 Å². The molecule has 4 nitrogen and oxygen atoms in total. The zero-order valence-electron chi connectivity index (χ0n) is 10.5. The van der Waals surface area contributed by atoms with Crippen LogP contribution in [-0.2, 0) is 16.0 Å². The van der Waals surface area contributed by atoms with Crippen molar-refractivity contribution in [3.8, 4) is 5.75 Å². The molecule has 18 heavy (non-hydrogen) atoms. The Labute approximate surface area is 107 Å². The summed E-state index contributed by atoms with van der Waals surface area (Å²) in [4.78, 5) is 10.9. The molecule has 0 aromatic heterocycles. The van der Waals surface area contributed by atoms with E-state index in [4.69, 9.17) is 4.74 Å². The number of hydrogen-bond donors (Lipinski definition) is 1. The van der Waals surface area contributed by atoms with Gasteiger partial charge in [-0.3, -0.25) is 4.79 Å². The molecular formula is C14H18O4. The van der Waals surface area contributed by atoms with Gasteiger partial charge in [0.15, 0.2) is 0 Å². The van der Waals surface area contributed by atoms with Crippen molar-refractivity contribution in [2.45, 2.75) is 31.8 Å². The Morgan fingerprint density at radius 1 is 1.50 bits per heavy atom. The van der Waals surface area contributed by atoms with Crippen molar-refractivity contribution in [2.24, 2.45) is 0 Å². The highest BCUT2D eigenvalue weighted by molar-refractivity contribution is 5.69. The topological polar surface area (TPSA) is 55.8 Å². The second kappa shape index (κ2) is 5.87. The van der Waals surface area contributed by atoms with Crippen molar-refractivity contribution in [1.82, 2.24) is 0 Å². The first-order valence-corrected chi connectivity index (χ1v) is 6.21. The molecular weight excluding hydrogens is 232 g/mol. The van der Waals surface area contributed by atoms with E-state index in [1.54, 1.807) is 0 Å². The Kier molecular flexibility index (Phi) is 4.20. The second-order valence-electron chi connectivity index (χ2n) is 4.44.